The van der Waals surface area contributed by atoms with Crippen molar-refractivity contribution in [1.82, 2.24) is 0 Å². The van der Waals surface area contributed by atoms with Crippen LogP contribution in [0.1, 0.15) is 23.2 Å². The van der Waals surface area contributed by atoms with Crippen molar-refractivity contribution in [2.24, 2.45) is 11.7 Å². The predicted octanol–water partition coefficient (Wildman–Crippen LogP) is 1.16. The Bertz CT molecular complexity index is 466. The van der Waals surface area contributed by atoms with Crippen molar-refractivity contribution in [3.05, 3.63) is 29.8 Å². The Hall–Kier alpha value is -1.88. The molecular weight excluding hydrogens is 246 g/mol. The third-order valence-corrected chi connectivity index (χ3v) is 3.09. The first-order chi connectivity index (χ1) is 9.16. The lowest BCUT2D eigenvalue weighted by atomic mass is 9.91. The van der Waals surface area contributed by atoms with Crippen LogP contribution < -0.4 is 10.5 Å². The first kappa shape index (κ1) is 13.5. The van der Waals surface area contributed by atoms with E-state index < -0.39 is 5.91 Å². The number of hydrogen-bond acceptors (Lipinski definition) is 4. The van der Waals surface area contributed by atoms with Crippen LogP contribution in [0.4, 0.5) is 0 Å². The zero-order valence-corrected chi connectivity index (χ0v) is 10.6. The molecule has 0 radical (unpaired) electrons. The minimum atomic E-state index is -0.541. The Labute approximate surface area is 111 Å². The van der Waals surface area contributed by atoms with E-state index in [1.54, 1.807) is 24.3 Å². The van der Waals surface area contributed by atoms with Crippen molar-refractivity contribution in [1.29, 1.82) is 0 Å². The number of Topliss-reactive ketones (excluding diaryl/α,β-unsaturated/α-hetero) is 1. The molecule has 0 saturated carbocycles. The molecule has 0 unspecified atom stereocenters. The molecule has 1 aromatic rings. The second-order valence-corrected chi connectivity index (χ2v) is 4.53. The van der Waals surface area contributed by atoms with Gasteiger partial charge in [-0.15, -0.1) is 0 Å². The van der Waals surface area contributed by atoms with Crippen LogP contribution in [-0.4, -0.2) is 31.5 Å². The van der Waals surface area contributed by atoms with Crippen LogP contribution >= 0.6 is 0 Å². The Morgan fingerprint density at radius 1 is 1.32 bits per heavy atom. The Morgan fingerprint density at radius 2 is 2.05 bits per heavy atom. The summed E-state index contributed by atoms with van der Waals surface area (Å²) in [7, 11) is 0. The molecule has 0 aliphatic carbocycles. The second kappa shape index (κ2) is 6.33. The fourth-order valence-corrected chi connectivity index (χ4v) is 2.09. The maximum atomic E-state index is 12.3. The number of nitrogens with two attached hydrogens (primary N) is 1. The van der Waals surface area contributed by atoms with Crippen molar-refractivity contribution in [2.75, 3.05) is 19.8 Å². The van der Waals surface area contributed by atoms with E-state index in [4.69, 9.17) is 15.2 Å². The molecule has 0 spiro atoms. The van der Waals surface area contributed by atoms with Gasteiger partial charge < -0.3 is 15.2 Å². The number of rotatable bonds is 5. The van der Waals surface area contributed by atoms with E-state index in [1.807, 2.05) is 0 Å². The first-order valence-corrected chi connectivity index (χ1v) is 6.30. The van der Waals surface area contributed by atoms with Crippen LogP contribution in [0.25, 0.3) is 0 Å². The summed E-state index contributed by atoms with van der Waals surface area (Å²) in [4.78, 5) is 22.9. The van der Waals surface area contributed by atoms with Crippen LogP contribution in [-0.2, 0) is 9.53 Å². The molecule has 1 aromatic carbocycles. The van der Waals surface area contributed by atoms with Crippen LogP contribution in [0.5, 0.6) is 5.75 Å². The lowest BCUT2D eigenvalue weighted by Gasteiger charge is -2.20. The molecule has 0 aromatic heterocycles. The molecule has 1 saturated heterocycles. The van der Waals surface area contributed by atoms with E-state index in [1.165, 1.54) is 0 Å². The average Bonchev–Trinajstić information content (AvgIpc) is 2.45. The van der Waals surface area contributed by atoms with Gasteiger partial charge in [-0.2, -0.15) is 0 Å². The minimum Gasteiger partial charge on any atom is -0.484 e. The third kappa shape index (κ3) is 3.79. The van der Waals surface area contributed by atoms with Gasteiger partial charge in [-0.05, 0) is 25.0 Å². The quantitative estimate of drug-likeness (QED) is 0.808. The highest BCUT2D eigenvalue weighted by Gasteiger charge is 2.22. The van der Waals surface area contributed by atoms with Gasteiger partial charge in [0.1, 0.15) is 5.75 Å². The molecule has 0 atom stereocenters. The number of hydrogen-bond donors (Lipinski definition) is 1. The highest BCUT2D eigenvalue weighted by atomic mass is 16.5. The largest absolute Gasteiger partial charge is 0.484 e. The Kier molecular flexibility index (Phi) is 4.52. The fourth-order valence-electron chi connectivity index (χ4n) is 2.09. The summed E-state index contributed by atoms with van der Waals surface area (Å²) >= 11 is 0. The molecular formula is C14H17NO4. The van der Waals surface area contributed by atoms with E-state index in [2.05, 4.69) is 0 Å². The average molecular weight is 263 g/mol. The Morgan fingerprint density at radius 3 is 2.74 bits per heavy atom. The molecule has 1 heterocycles. The SMILES string of the molecule is NC(=O)COc1cccc(C(=O)C2CCOCC2)c1. The third-order valence-electron chi connectivity index (χ3n) is 3.09. The predicted molar refractivity (Wildman–Crippen MR) is 69.0 cm³/mol. The number of carbonyl (C=O) groups is 2. The zero-order chi connectivity index (χ0) is 13.7. The first-order valence-electron chi connectivity index (χ1n) is 6.30. The summed E-state index contributed by atoms with van der Waals surface area (Å²) < 4.78 is 10.4. The molecule has 1 aliphatic heterocycles. The van der Waals surface area contributed by atoms with E-state index in [-0.39, 0.29) is 18.3 Å². The highest BCUT2D eigenvalue weighted by Crippen LogP contribution is 2.22. The van der Waals surface area contributed by atoms with Gasteiger partial charge in [0, 0.05) is 24.7 Å². The number of ketones is 1. The molecule has 102 valence electrons. The summed E-state index contributed by atoms with van der Waals surface area (Å²) in [6.07, 6.45) is 1.51. The standard InChI is InChI=1S/C14H17NO4/c15-13(16)9-19-12-3-1-2-11(8-12)14(17)10-4-6-18-7-5-10/h1-3,8,10H,4-7,9H2,(H2,15,16). The summed E-state index contributed by atoms with van der Waals surface area (Å²) in [6, 6.07) is 6.85. The molecule has 2 rings (SSSR count). The van der Waals surface area contributed by atoms with Gasteiger partial charge in [-0.1, -0.05) is 12.1 Å². The molecule has 1 aliphatic rings. The van der Waals surface area contributed by atoms with Crippen molar-refractivity contribution in [3.63, 3.8) is 0 Å². The molecule has 5 nitrogen and oxygen atoms in total. The van der Waals surface area contributed by atoms with Crippen LogP contribution in [0.15, 0.2) is 24.3 Å². The van der Waals surface area contributed by atoms with E-state index in [0.717, 1.165) is 12.8 Å². The smallest absolute Gasteiger partial charge is 0.255 e. The zero-order valence-electron chi connectivity index (χ0n) is 10.6. The van der Waals surface area contributed by atoms with E-state index in [9.17, 15) is 9.59 Å². The fraction of sp³-hybridized carbons (Fsp3) is 0.429. The summed E-state index contributed by atoms with van der Waals surface area (Å²) in [6.45, 7) is 1.08. The van der Waals surface area contributed by atoms with Crippen molar-refractivity contribution < 1.29 is 19.1 Å². The minimum absolute atomic E-state index is 0.0140. The van der Waals surface area contributed by atoms with Crippen molar-refractivity contribution >= 4 is 11.7 Å². The number of benzene rings is 1. The summed E-state index contributed by atoms with van der Waals surface area (Å²) in [5.74, 6) is 0.0610. The molecule has 0 bridgehead atoms. The molecule has 1 fully saturated rings. The van der Waals surface area contributed by atoms with Crippen LogP contribution in [0, 0.1) is 5.92 Å². The van der Waals surface area contributed by atoms with Gasteiger partial charge in [0.25, 0.3) is 5.91 Å². The number of amides is 1. The van der Waals surface area contributed by atoms with Crippen molar-refractivity contribution in [3.8, 4) is 5.75 Å². The maximum absolute atomic E-state index is 12.3. The number of primary amides is 1. The van der Waals surface area contributed by atoms with Gasteiger partial charge in [0.15, 0.2) is 12.4 Å². The normalized spacial score (nSPS) is 16.0. The second-order valence-electron chi connectivity index (χ2n) is 4.53. The maximum Gasteiger partial charge on any atom is 0.255 e. The lowest BCUT2D eigenvalue weighted by molar-refractivity contribution is -0.119. The van der Waals surface area contributed by atoms with Gasteiger partial charge in [-0.3, -0.25) is 9.59 Å². The van der Waals surface area contributed by atoms with E-state index >= 15 is 0 Å². The lowest BCUT2D eigenvalue weighted by Crippen LogP contribution is -2.23. The summed E-state index contributed by atoms with van der Waals surface area (Å²) in [5, 5.41) is 0. The topological polar surface area (TPSA) is 78.6 Å². The van der Waals surface area contributed by atoms with Gasteiger partial charge in [0.05, 0.1) is 0 Å². The molecule has 2 N–H and O–H groups in total. The van der Waals surface area contributed by atoms with Gasteiger partial charge in [0.2, 0.25) is 0 Å². The summed E-state index contributed by atoms with van der Waals surface area (Å²) in [5.41, 5.74) is 5.62. The van der Waals surface area contributed by atoms with E-state index in [0.29, 0.717) is 24.5 Å². The highest BCUT2D eigenvalue weighted by molar-refractivity contribution is 5.98. The molecule has 5 heteroatoms. The number of ether oxygens (including phenoxy) is 2. The van der Waals surface area contributed by atoms with Gasteiger partial charge in [-0.25, -0.2) is 0 Å². The monoisotopic (exact) mass is 263 g/mol. The Balaban J connectivity index is 2.04. The molecule has 19 heavy (non-hydrogen) atoms. The van der Waals surface area contributed by atoms with Crippen molar-refractivity contribution in [2.45, 2.75) is 12.8 Å². The van der Waals surface area contributed by atoms with Crippen LogP contribution in [0.2, 0.25) is 0 Å². The van der Waals surface area contributed by atoms with Gasteiger partial charge >= 0.3 is 0 Å². The number of carbonyl (C=O) groups excluding carboxylic acids is 2. The van der Waals surface area contributed by atoms with Crippen LogP contribution in [0.3, 0.4) is 0 Å². The molecule has 1 amide bonds.